The van der Waals surface area contributed by atoms with E-state index in [-0.39, 0.29) is 35.5 Å². The SMILES string of the molecule is CC(C)C(=O)Nc1nc(/C=C/c2ccc(N(C)C)cc2)nc(NC(=O)C(C)C)n1. The molecule has 1 aromatic carbocycles. The van der Waals surface area contributed by atoms with Crippen molar-refractivity contribution in [3.8, 4) is 0 Å². The number of carbonyl (C=O) groups excluding carboxylic acids is 2. The normalized spacial score (nSPS) is 11.2. The lowest BCUT2D eigenvalue weighted by molar-refractivity contribution is -0.119. The van der Waals surface area contributed by atoms with E-state index in [1.54, 1.807) is 33.8 Å². The molecule has 0 fully saturated rings. The Kier molecular flexibility index (Phi) is 7.41. The molecule has 0 bridgehead atoms. The zero-order chi connectivity index (χ0) is 21.6. The molecule has 0 saturated heterocycles. The molecule has 0 aliphatic heterocycles. The summed E-state index contributed by atoms with van der Waals surface area (Å²) in [5.41, 5.74) is 2.07. The van der Waals surface area contributed by atoms with Gasteiger partial charge < -0.3 is 4.90 Å². The molecule has 1 aromatic heterocycles. The van der Waals surface area contributed by atoms with E-state index in [9.17, 15) is 9.59 Å². The van der Waals surface area contributed by atoms with Crippen LogP contribution in [0.4, 0.5) is 17.6 Å². The predicted molar refractivity (Wildman–Crippen MR) is 116 cm³/mol. The van der Waals surface area contributed by atoms with Gasteiger partial charge in [-0.3, -0.25) is 20.2 Å². The Balaban J connectivity index is 2.30. The molecule has 0 aliphatic rings. The molecule has 0 radical (unpaired) electrons. The third-order valence-corrected chi connectivity index (χ3v) is 4.01. The molecule has 2 rings (SSSR count). The molecule has 29 heavy (non-hydrogen) atoms. The lowest BCUT2D eigenvalue weighted by Crippen LogP contribution is -2.23. The molecule has 0 atom stereocenters. The topological polar surface area (TPSA) is 100 Å². The number of amides is 2. The van der Waals surface area contributed by atoms with Crippen LogP contribution in [0.25, 0.3) is 12.2 Å². The van der Waals surface area contributed by atoms with Crippen LogP contribution in [0.3, 0.4) is 0 Å². The fourth-order valence-corrected chi connectivity index (χ4v) is 2.14. The molecule has 1 heterocycles. The van der Waals surface area contributed by atoms with Crippen molar-refractivity contribution < 1.29 is 9.59 Å². The van der Waals surface area contributed by atoms with Crippen LogP contribution in [0.2, 0.25) is 0 Å². The zero-order valence-corrected chi connectivity index (χ0v) is 17.7. The van der Waals surface area contributed by atoms with Gasteiger partial charge in [-0.2, -0.15) is 15.0 Å². The Labute approximate surface area is 171 Å². The van der Waals surface area contributed by atoms with E-state index in [1.807, 2.05) is 49.3 Å². The summed E-state index contributed by atoms with van der Waals surface area (Å²) >= 11 is 0. The average Bonchev–Trinajstić information content (AvgIpc) is 2.66. The summed E-state index contributed by atoms with van der Waals surface area (Å²) in [6, 6.07) is 7.98. The first-order valence-corrected chi connectivity index (χ1v) is 9.49. The second kappa shape index (κ2) is 9.77. The highest BCUT2D eigenvalue weighted by atomic mass is 16.2. The number of benzene rings is 1. The Hall–Kier alpha value is -3.29. The van der Waals surface area contributed by atoms with Gasteiger partial charge >= 0.3 is 0 Å². The van der Waals surface area contributed by atoms with Gasteiger partial charge in [0, 0.05) is 31.6 Å². The van der Waals surface area contributed by atoms with Crippen molar-refractivity contribution in [2.75, 3.05) is 29.6 Å². The quantitative estimate of drug-likeness (QED) is 0.745. The zero-order valence-electron chi connectivity index (χ0n) is 17.7. The summed E-state index contributed by atoms with van der Waals surface area (Å²) in [6.45, 7) is 7.10. The molecular formula is C21H28N6O2. The van der Waals surface area contributed by atoms with Crippen LogP contribution < -0.4 is 15.5 Å². The minimum absolute atomic E-state index is 0.0976. The van der Waals surface area contributed by atoms with Crippen molar-refractivity contribution in [3.05, 3.63) is 35.7 Å². The molecule has 2 amide bonds. The number of hydrogen-bond donors (Lipinski definition) is 2. The van der Waals surface area contributed by atoms with Gasteiger partial charge in [-0.1, -0.05) is 45.9 Å². The van der Waals surface area contributed by atoms with Gasteiger partial charge in [0.05, 0.1) is 0 Å². The van der Waals surface area contributed by atoms with E-state index >= 15 is 0 Å². The number of carbonyl (C=O) groups is 2. The molecule has 8 heteroatoms. The van der Waals surface area contributed by atoms with E-state index in [0.29, 0.717) is 5.82 Å². The maximum atomic E-state index is 12.0. The highest BCUT2D eigenvalue weighted by molar-refractivity contribution is 5.92. The van der Waals surface area contributed by atoms with E-state index in [4.69, 9.17) is 0 Å². The summed E-state index contributed by atoms with van der Waals surface area (Å²) in [5, 5.41) is 5.30. The Morgan fingerprint density at radius 1 is 0.828 bits per heavy atom. The highest BCUT2D eigenvalue weighted by Crippen LogP contribution is 2.15. The number of aromatic nitrogens is 3. The molecule has 0 saturated carbocycles. The third kappa shape index (κ3) is 6.67. The molecule has 0 spiro atoms. The van der Waals surface area contributed by atoms with Gasteiger partial charge in [-0.05, 0) is 23.8 Å². The molecule has 154 valence electrons. The number of rotatable bonds is 7. The third-order valence-electron chi connectivity index (χ3n) is 4.01. The monoisotopic (exact) mass is 396 g/mol. The van der Waals surface area contributed by atoms with Crippen molar-refractivity contribution in [3.63, 3.8) is 0 Å². The second-order valence-corrected chi connectivity index (χ2v) is 7.45. The maximum absolute atomic E-state index is 12.0. The molecule has 0 aliphatic carbocycles. The van der Waals surface area contributed by atoms with Crippen LogP contribution in [0.15, 0.2) is 24.3 Å². The van der Waals surface area contributed by atoms with Crippen molar-refractivity contribution in [1.29, 1.82) is 0 Å². The van der Waals surface area contributed by atoms with E-state index in [1.165, 1.54) is 0 Å². The second-order valence-electron chi connectivity index (χ2n) is 7.45. The summed E-state index contributed by atoms with van der Waals surface area (Å²) in [6.07, 6.45) is 3.57. The van der Waals surface area contributed by atoms with Gasteiger partial charge in [-0.15, -0.1) is 0 Å². The van der Waals surface area contributed by atoms with Crippen molar-refractivity contribution >= 4 is 41.6 Å². The van der Waals surface area contributed by atoms with Crippen molar-refractivity contribution in [2.45, 2.75) is 27.7 Å². The Bertz CT molecular complexity index is 848. The van der Waals surface area contributed by atoms with Crippen LogP contribution in [-0.2, 0) is 9.59 Å². The minimum atomic E-state index is -0.227. The molecular weight excluding hydrogens is 368 g/mol. The smallest absolute Gasteiger partial charge is 0.234 e. The molecule has 0 unspecified atom stereocenters. The Morgan fingerprint density at radius 3 is 1.72 bits per heavy atom. The lowest BCUT2D eigenvalue weighted by atomic mass is 10.2. The predicted octanol–water partition coefficient (Wildman–Crippen LogP) is 3.30. The molecule has 2 aromatic rings. The fourth-order valence-electron chi connectivity index (χ4n) is 2.14. The van der Waals surface area contributed by atoms with Gasteiger partial charge in [-0.25, -0.2) is 0 Å². The first-order valence-electron chi connectivity index (χ1n) is 9.49. The van der Waals surface area contributed by atoms with Crippen LogP contribution in [0.5, 0.6) is 0 Å². The standard InChI is InChI=1S/C21H28N6O2/c1-13(2)18(28)24-20-22-17(23-21(26-20)25-19(29)14(3)4)12-9-15-7-10-16(11-8-15)27(5)6/h7-14H,1-6H3,(H2,22,23,24,25,26,28,29)/b12-9+. The van der Waals surface area contributed by atoms with Gasteiger partial charge in [0.2, 0.25) is 23.7 Å². The van der Waals surface area contributed by atoms with Gasteiger partial charge in [0.25, 0.3) is 0 Å². The molecule has 8 nitrogen and oxygen atoms in total. The van der Waals surface area contributed by atoms with E-state index < -0.39 is 0 Å². The van der Waals surface area contributed by atoms with Gasteiger partial charge in [0.1, 0.15) is 0 Å². The first kappa shape index (κ1) is 22.0. The van der Waals surface area contributed by atoms with Crippen LogP contribution in [0, 0.1) is 11.8 Å². The highest BCUT2D eigenvalue weighted by Gasteiger charge is 2.14. The Morgan fingerprint density at radius 2 is 1.31 bits per heavy atom. The van der Waals surface area contributed by atoms with Crippen LogP contribution >= 0.6 is 0 Å². The number of nitrogens with one attached hydrogen (secondary N) is 2. The summed E-state index contributed by atoms with van der Waals surface area (Å²) in [5.74, 6) is -0.363. The van der Waals surface area contributed by atoms with Gasteiger partial charge in [0.15, 0.2) is 5.82 Å². The van der Waals surface area contributed by atoms with E-state index in [0.717, 1.165) is 11.3 Å². The fraction of sp³-hybridized carbons (Fsp3) is 0.381. The number of nitrogens with zero attached hydrogens (tertiary/aromatic N) is 4. The minimum Gasteiger partial charge on any atom is -0.378 e. The van der Waals surface area contributed by atoms with Crippen LogP contribution in [-0.4, -0.2) is 40.9 Å². The molecule has 2 N–H and O–H groups in total. The number of hydrogen-bond acceptors (Lipinski definition) is 6. The average molecular weight is 396 g/mol. The summed E-state index contributed by atoms with van der Waals surface area (Å²) in [7, 11) is 3.96. The van der Waals surface area contributed by atoms with Crippen molar-refractivity contribution in [1.82, 2.24) is 15.0 Å². The van der Waals surface area contributed by atoms with E-state index in [2.05, 4.69) is 25.6 Å². The summed E-state index contributed by atoms with van der Waals surface area (Å²) in [4.78, 5) is 38.7. The van der Waals surface area contributed by atoms with Crippen LogP contribution in [0.1, 0.15) is 39.1 Å². The van der Waals surface area contributed by atoms with Crippen molar-refractivity contribution in [2.24, 2.45) is 11.8 Å². The first-order chi connectivity index (χ1) is 13.7. The number of anilines is 3. The largest absolute Gasteiger partial charge is 0.378 e. The summed E-state index contributed by atoms with van der Waals surface area (Å²) < 4.78 is 0. The maximum Gasteiger partial charge on any atom is 0.234 e. The lowest BCUT2D eigenvalue weighted by Gasteiger charge is -2.11.